The smallest absolute Gasteiger partial charge is 0.160 e. The van der Waals surface area contributed by atoms with Crippen LogP contribution in [0.15, 0.2) is 176 Å². The maximum Gasteiger partial charge on any atom is 0.160 e. The van der Waals surface area contributed by atoms with Gasteiger partial charge in [0.25, 0.3) is 0 Å². The number of benzene rings is 7. The van der Waals surface area contributed by atoms with Crippen LogP contribution in [-0.2, 0) is 5.41 Å². The lowest BCUT2D eigenvalue weighted by atomic mass is 9.79. The summed E-state index contributed by atoms with van der Waals surface area (Å²) in [6, 6.07) is 61.0. The monoisotopic (exact) mass is 753 g/mol. The lowest BCUT2D eigenvalue weighted by molar-refractivity contribution is 0.666. The van der Waals surface area contributed by atoms with Crippen LogP contribution in [0.5, 0.6) is 0 Å². The van der Waals surface area contributed by atoms with Crippen LogP contribution in [-0.4, -0.2) is 15.0 Å². The lowest BCUT2D eigenvalue weighted by Gasteiger charge is -2.24. The molecule has 7 aromatic carbocycles. The van der Waals surface area contributed by atoms with E-state index in [0.29, 0.717) is 17.0 Å². The van der Waals surface area contributed by atoms with Gasteiger partial charge in [0.1, 0.15) is 0 Å². The topological polar surface area (TPSA) is 86.2 Å². The van der Waals surface area contributed by atoms with E-state index in [4.69, 9.17) is 9.97 Å². The van der Waals surface area contributed by atoms with Crippen molar-refractivity contribution in [2.24, 2.45) is 0 Å². The van der Waals surface area contributed by atoms with Gasteiger partial charge in [-0.25, -0.2) is 9.97 Å². The van der Waals surface area contributed by atoms with Crippen LogP contribution < -0.4 is 0 Å². The summed E-state index contributed by atoms with van der Waals surface area (Å²) in [6.07, 6.45) is 3.69. The largest absolute Gasteiger partial charge is 0.264 e. The van der Waals surface area contributed by atoms with Gasteiger partial charge in [-0.05, 0) is 109 Å². The van der Waals surface area contributed by atoms with Crippen molar-refractivity contribution in [1.82, 2.24) is 15.0 Å². The quantitative estimate of drug-likeness (QED) is 0.169. The Morgan fingerprint density at radius 3 is 1.76 bits per heavy atom. The highest BCUT2D eigenvalue weighted by Crippen LogP contribution is 2.53. The van der Waals surface area contributed by atoms with E-state index in [2.05, 4.69) is 146 Å². The second kappa shape index (κ2) is 14.2. The molecule has 2 aromatic heterocycles. The highest BCUT2D eigenvalue weighted by atomic mass is 14.9. The van der Waals surface area contributed by atoms with Crippen molar-refractivity contribution < 1.29 is 0 Å². The first-order valence-electron chi connectivity index (χ1n) is 19.6. The Balaban J connectivity index is 1.13. The lowest BCUT2D eigenvalue weighted by Crippen LogP contribution is -2.15. The summed E-state index contributed by atoms with van der Waals surface area (Å²) in [7, 11) is 0. The molecule has 0 saturated heterocycles. The molecule has 1 aliphatic rings. The second-order valence-corrected chi connectivity index (χ2v) is 15.5. The predicted octanol–water partition coefficient (Wildman–Crippen LogP) is 13.1. The third-order valence-corrected chi connectivity index (χ3v) is 11.6. The summed E-state index contributed by atoms with van der Waals surface area (Å²) in [5.74, 6) is 0.655. The van der Waals surface area contributed by atoms with Gasteiger partial charge in [-0.15, -0.1) is 0 Å². The van der Waals surface area contributed by atoms with Crippen LogP contribution in [0.2, 0.25) is 0 Å². The normalized spacial score (nSPS) is 12.3. The molecule has 0 saturated carbocycles. The van der Waals surface area contributed by atoms with Gasteiger partial charge < -0.3 is 0 Å². The number of fused-ring (bicyclic) bond motifs is 5. The number of aromatic nitrogens is 3. The molecular weight excluding hydrogens is 719 g/mol. The Bertz CT molecular complexity index is 3180. The van der Waals surface area contributed by atoms with E-state index >= 15 is 0 Å². The first kappa shape index (κ1) is 35.4. The Morgan fingerprint density at radius 2 is 1.07 bits per heavy atom. The zero-order valence-electron chi connectivity index (χ0n) is 32.5. The van der Waals surface area contributed by atoms with E-state index in [9.17, 15) is 10.5 Å². The molecule has 276 valence electrons. The van der Waals surface area contributed by atoms with E-state index < -0.39 is 5.41 Å². The SMILES string of the molecule is CC1(C)c2cc(-c3cc(-c4cccnc4)cc(-c4cc(-c5ccc(-c6ccccc6)cc5)nc(-c5ccccc5)n4)c3)ccc2-c2ccc3c(C#N)cc(C#N)cc3c21. The van der Waals surface area contributed by atoms with E-state index in [1.54, 1.807) is 12.3 Å². The summed E-state index contributed by atoms with van der Waals surface area (Å²) >= 11 is 0. The molecule has 0 amide bonds. The maximum atomic E-state index is 10.0. The van der Waals surface area contributed by atoms with Crippen molar-refractivity contribution in [1.29, 1.82) is 10.5 Å². The molecule has 0 atom stereocenters. The van der Waals surface area contributed by atoms with Crippen LogP contribution in [0.1, 0.15) is 36.1 Å². The molecule has 0 fully saturated rings. The minimum Gasteiger partial charge on any atom is -0.264 e. The molecule has 0 radical (unpaired) electrons. The standard InChI is InChI=1S/C54H35N5/c1-54(2)49-29-39(19-20-46(49)47-22-21-45-44(32-56)24-34(31-55)25-48(45)52(47)54)41-26-42(40-14-9-23-57-33-40)28-43(27-41)51-30-50(58-53(59-51)38-12-7-4-8-13-38)37-17-15-36(16-18-37)35-10-5-3-6-11-35/h3-30,33H,1-2H3. The molecule has 0 spiro atoms. The average molecular weight is 754 g/mol. The van der Waals surface area contributed by atoms with Gasteiger partial charge in [-0.2, -0.15) is 10.5 Å². The van der Waals surface area contributed by atoms with Gasteiger partial charge >= 0.3 is 0 Å². The first-order valence-corrected chi connectivity index (χ1v) is 19.6. The van der Waals surface area contributed by atoms with Crippen molar-refractivity contribution in [2.45, 2.75) is 19.3 Å². The first-order chi connectivity index (χ1) is 28.9. The Morgan fingerprint density at radius 1 is 0.458 bits per heavy atom. The molecule has 10 rings (SSSR count). The van der Waals surface area contributed by atoms with Crippen LogP contribution in [0.3, 0.4) is 0 Å². The molecule has 59 heavy (non-hydrogen) atoms. The van der Waals surface area contributed by atoms with Crippen molar-refractivity contribution in [3.8, 4) is 90.5 Å². The number of nitrogens with zero attached hydrogens (tertiary/aromatic N) is 5. The van der Waals surface area contributed by atoms with E-state index in [1.165, 1.54) is 11.1 Å². The number of hydrogen-bond acceptors (Lipinski definition) is 5. The second-order valence-electron chi connectivity index (χ2n) is 15.5. The molecule has 0 aliphatic heterocycles. The van der Waals surface area contributed by atoms with Gasteiger partial charge in [-0.3, -0.25) is 4.98 Å². The van der Waals surface area contributed by atoms with Crippen molar-refractivity contribution in [2.75, 3.05) is 0 Å². The number of rotatable bonds is 6. The Labute approximate surface area is 343 Å². The highest BCUT2D eigenvalue weighted by Gasteiger charge is 2.37. The molecule has 1 aliphatic carbocycles. The fourth-order valence-corrected chi connectivity index (χ4v) is 8.67. The van der Waals surface area contributed by atoms with Gasteiger partial charge in [-0.1, -0.05) is 129 Å². The maximum absolute atomic E-state index is 10.0. The fraction of sp³-hybridized carbons (Fsp3) is 0.0556. The van der Waals surface area contributed by atoms with Gasteiger partial charge in [0.05, 0.1) is 34.7 Å². The third kappa shape index (κ3) is 6.23. The van der Waals surface area contributed by atoms with Crippen LogP contribution >= 0.6 is 0 Å². The van der Waals surface area contributed by atoms with Crippen molar-refractivity contribution >= 4 is 10.8 Å². The molecule has 2 heterocycles. The summed E-state index contributed by atoms with van der Waals surface area (Å²) < 4.78 is 0. The van der Waals surface area contributed by atoms with Crippen molar-refractivity contribution in [3.05, 3.63) is 198 Å². The Kier molecular flexibility index (Phi) is 8.52. The molecule has 5 heteroatoms. The van der Waals surface area contributed by atoms with Gasteiger partial charge in [0.15, 0.2) is 5.82 Å². The summed E-state index contributed by atoms with van der Waals surface area (Å²) in [6.45, 7) is 4.48. The molecule has 0 unspecified atom stereocenters. The number of hydrogen-bond donors (Lipinski definition) is 0. The number of nitriles is 2. The number of pyridine rings is 1. The van der Waals surface area contributed by atoms with Gasteiger partial charge in [0.2, 0.25) is 0 Å². The zero-order valence-corrected chi connectivity index (χ0v) is 32.5. The zero-order chi connectivity index (χ0) is 40.1. The Hall–Kier alpha value is -7.99. The minimum atomic E-state index is -0.396. The van der Waals surface area contributed by atoms with Crippen molar-refractivity contribution in [3.63, 3.8) is 0 Å². The van der Waals surface area contributed by atoms with Crippen LogP contribution in [0.25, 0.3) is 89.2 Å². The summed E-state index contributed by atoms with van der Waals surface area (Å²) in [5, 5.41) is 21.7. The van der Waals surface area contributed by atoms with E-state index in [0.717, 1.165) is 83.4 Å². The average Bonchev–Trinajstić information content (AvgIpc) is 3.54. The molecule has 0 bridgehead atoms. The fourth-order valence-electron chi connectivity index (χ4n) is 8.67. The predicted molar refractivity (Wildman–Crippen MR) is 237 cm³/mol. The summed E-state index contributed by atoms with van der Waals surface area (Å²) in [5.41, 5.74) is 16.3. The molecule has 5 nitrogen and oxygen atoms in total. The molecule has 9 aromatic rings. The molecule has 0 N–H and O–H groups in total. The minimum absolute atomic E-state index is 0.396. The van der Waals surface area contributed by atoms with Crippen LogP contribution in [0.4, 0.5) is 0 Å². The van der Waals surface area contributed by atoms with E-state index in [-0.39, 0.29) is 0 Å². The summed E-state index contributed by atoms with van der Waals surface area (Å²) in [4.78, 5) is 14.8. The third-order valence-electron chi connectivity index (χ3n) is 11.6. The molecular formula is C54H35N5. The van der Waals surface area contributed by atoms with Gasteiger partial charge in [0, 0.05) is 40.1 Å². The van der Waals surface area contributed by atoms with E-state index in [1.807, 2.05) is 48.7 Å². The highest BCUT2D eigenvalue weighted by molar-refractivity contribution is 6.01. The van der Waals surface area contributed by atoms with Crippen LogP contribution in [0, 0.1) is 22.7 Å².